The Morgan fingerprint density at radius 1 is 1.47 bits per heavy atom. The number of hydrazine groups is 1. The minimum atomic E-state index is 0.413. The molecule has 0 fully saturated rings. The monoisotopic (exact) mass is 250 g/mol. The van der Waals surface area contributed by atoms with Gasteiger partial charge in [-0.3, -0.25) is 5.43 Å². The van der Waals surface area contributed by atoms with Crippen molar-refractivity contribution in [3.8, 4) is 0 Å². The van der Waals surface area contributed by atoms with Crippen molar-refractivity contribution in [3.63, 3.8) is 0 Å². The quantitative estimate of drug-likeness (QED) is 0.626. The molecule has 0 unspecified atom stereocenters. The van der Waals surface area contributed by atoms with Crippen LogP contribution in [-0.2, 0) is 6.54 Å². The van der Waals surface area contributed by atoms with Gasteiger partial charge in [0, 0.05) is 24.2 Å². The summed E-state index contributed by atoms with van der Waals surface area (Å²) in [5, 5.41) is 2.02. The first-order valence-corrected chi connectivity index (χ1v) is 6.03. The number of hydrogen-bond donors (Lipinski definition) is 2. The zero-order valence-electron chi connectivity index (χ0n) is 9.71. The maximum atomic E-state index is 5.30. The van der Waals surface area contributed by atoms with Crippen LogP contribution in [0.3, 0.4) is 0 Å². The Morgan fingerprint density at radius 2 is 2.29 bits per heavy atom. The lowest BCUT2D eigenvalue weighted by Crippen LogP contribution is -2.21. The molecule has 0 saturated heterocycles. The lowest BCUT2D eigenvalue weighted by atomic mass is 10.3. The summed E-state index contributed by atoms with van der Waals surface area (Å²) in [6.07, 6.45) is 1.75. The number of aryl methyl sites for hydroxylation is 1. The molecule has 0 aliphatic heterocycles. The van der Waals surface area contributed by atoms with Crippen LogP contribution in [0.5, 0.6) is 0 Å². The average molecular weight is 250 g/mol. The van der Waals surface area contributed by atoms with Gasteiger partial charge in [0.25, 0.3) is 0 Å². The first kappa shape index (κ1) is 11.7. The fourth-order valence-corrected chi connectivity index (χ4v) is 2.07. The normalized spacial score (nSPS) is 10.3. The van der Waals surface area contributed by atoms with Gasteiger partial charge in [-0.05, 0) is 6.92 Å². The number of anilines is 2. The van der Waals surface area contributed by atoms with Crippen LogP contribution in [-0.4, -0.2) is 22.0 Å². The molecule has 0 bridgehead atoms. The predicted octanol–water partition coefficient (Wildman–Crippen LogP) is 1.16. The van der Waals surface area contributed by atoms with E-state index in [-0.39, 0.29) is 0 Å². The maximum Gasteiger partial charge on any atom is 0.239 e. The fourth-order valence-electron chi connectivity index (χ4n) is 1.52. The van der Waals surface area contributed by atoms with Crippen LogP contribution in [0.15, 0.2) is 17.1 Å². The molecule has 7 heteroatoms. The molecular weight excluding hydrogens is 236 g/mol. The highest BCUT2D eigenvalue weighted by Gasteiger charge is 2.09. The number of rotatable bonds is 4. The standard InChI is InChI=1S/C10H14N6S/c1-7-3-12-10(15-11)14-9(7)16(2)4-8-5-17-6-13-8/h3,5-6H,4,11H2,1-2H3,(H,12,14,15). The molecule has 2 rings (SSSR count). The van der Waals surface area contributed by atoms with E-state index in [1.165, 1.54) is 0 Å². The molecule has 0 aromatic carbocycles. The molecule has 0 spiro atoms. The van der Waals surface area contributed by atoms with Gasteiger partial charge in [0.15, 0.2) is 0 Å². The van der Waals surface area contributed by atoms with E-state index in [1.807, 2.05) is 29.8 Å². The zero-order chi connectivity index (χ0) is 12.3. The van der Waals surface area contributed by atoms with Crippen molar-refractivity contribution in [2.75, 3.05) is 17.4 Å². The summed E-state index contributed by atoms with van der Waals surface area (Å²) in [6, 6.07) is 0. The summed E-state index contributed by atoms with van der Waals surface area (Å²) in [4.78, 5) is 14.6. The second-order valence-electron chi connectivity index (χ2n) is 3.68. The molecule has 0 amide bonds. The van der Waals surface area contributed by atoms with Gasteiger partial charge in [0.2, 0.25) is 5.95 Å². The molecule has 0 saturated carbocycles. The largest absolute Gasteiger partial charge is 0.353 e. The fraction of sp³-hybridized carbons (Fsp3) is 0.300. The van der Waals surface area contributed by atoms with Gasteiger partial charge >= 0.3 is 0 Å². The molecule has 2 aromatic rings. The van der Waals surface area contributed by atoms with E-state index in [2.05, 4.69) is 20.4 Å². The van der Waals surface area contributed by atoms with Crippen molar-refractivity contribution < 1.29 is 0 Å². The SMILES string of the molecule is Cc1cnc(NN)nc1N(C)Cc1cscn1. The molecule has 3 N–H and O–H groups in total. The van der Waals surface area contributed by atoms with Crippen molar-refractivity contribution in [3.05, 3.63) is 28.3 Å². The van der Waals surface area contributed by atoms with Gasteiger partial charge in [-0.25, -0.2) is 15.8 Å². The third kappa shape index (κ3) is 2.69. The van der Waals surface area contributed by atoms with Crippen LogP contribution in [0, 0.1) is 6.92 Å². The van der Waals surface area contributed by atoms with Crippen LogP contribution >= 0.6 is 11.3 Å². The third-order valence-electron chi connectivity index (χ3n) is 2.32. The van der Waals surface area contributed by atoms with Crippen LogP contribution in [0.4, 0.5) is 11.8 Å². The van der Waals surface area contributed by atoms with Crippen LogP contribution in [0.1, 0.15) is 11.3 Å². The van der Waals surface area contributed by atoms with Gasteiger partial charge in [0.05, 0.1) is 17.7 Å². The Labute approximate surface area is 104 Å². The van der Waals surface area contributed by atoms with Gasteiger partial charge in [-0.2, -0.15) is 4.98 Å². The molecular formula is C10H14N6S. The van der Waals surface area contributed by atoms with Crippen molar-refractivity contribution >= 4 is 23.1 Å². The van der Waals surface area contributed by atoms with Crippen LogP contribution < -0.4 is 16.2 Å². The van der Waals surface area contributed by atoms with Crippen molar-refractivity contribution in [2.24, 2.45) is 5.84 Å². The Balaban J connectivity index is 2.20. The molecule has 0 radical (unpaired) electrons. The zero-order valence-corrected chi connectivity index (χ0v) is 10.5. The van der Waals surface area contributed by atoms with Gasteiger partial charge < -0.3 is 4.90 Å². The second kappa shape index (κ2) is 5.07. The number of hydrogen-bond acceptors (Lipinski definition) is 7. The molecule has 0 aliphatic carbocycles. The minimum Gasteiger partial charge on any atom is -0.353 e. The summed E-state index contributed by atoms with van der Waals surface area (Å²) >= 11 is 1.59. The summed E-state index contributed by atoms with van der Waals surface area (Å²) in [5.41, 5.74) is 6.30. The molecule has 90 valence electrons. The molecule has 0 atom stereocenters. The van der Waals surface area contributed by atoms with Crippen molar-refractivity contribution in [1.29, 1.82) is 0 Å². The van der Waals surface area contributed by atoms with Crippen LogP contribution in [0.25, 0.3) is 0 Å². The molecule has 0 aliphatic rings. The second-order valence-corrected chi connectivity index (χ2v) is 4.40. The number of nitrogens with zero attached hydrogens (tertiary/aromatic N) is 4. The van der Waals surface area contributed by atoms with Gasteiger partial charge in [-0.15, -0.1) is 11.3 Å². The van der Waals surface area contributed by atoms with E-state index < -0.39 is 0 Å². The lowest BCUT2D eigenvalue weighted by Gasteiger charge is -2.19. The lowest BCUT2D eigenvalue weighted by molar-refractivity contribution is 0.861. The van der Waals surface area contributed by atoms with Crippen LogP contribution in [0.2, 0.25) is 0 Å². The minimum absolute atomic E-state index is 0.413. The number of aromatic nitrogens is 3. The maximum absolute atomic E-state index is 5.30. The van der Waals surface area contributed by atoms with Gasteiger partial charge in [0.1, 0.15) is 5.82 Å². The van der Waals surface area contributed by atoms with E-state index >= 15 is 0 Å². The number of nitrogens with two attached hydrogens (primary N) is 1. The first-order chi connectivity index (χ1) is 8.20. The van der Waals surface area contributed by atoms with E-state index in [1.54, 1.807) is 17.5 Å². The predicted molar refractivity (Wildman–Crippen MR) is 68.8 cm³/mol. The Kier molecular flexibility index (Phi) is 3.50. The summed E-state index contributed by atoms with van der Waals surface area (Å²) < 4.78 is 0. The number of nitrogen functional groups attached to an aromatic ring is 1. The van der Waals surface area contributed by atoms with E-state index in [4.69, 9.17) is 5.84 Å². The molecule has 2 aromatic heterocycles. The number of nitrogens with one attached hydrogen (secondary N) is 1. The highest BCUT2D eigenvalue weighted by Crippen LogP contribution is 2.18. The van der Waals surface area contributed by atoms with E-state index in [9.17, 15) is 0 Å². The third-order valence-corrected chi connectivity index (χ3v) is 2.95. The van der Waals surface area contributed by atoms with E-state index in [0.29, 0.717) is 12.5 Å². The summed E-state index contributed by atoms with van der Waals surface area (Å²) in [6.45, 7) is 2.68. The molecule has 2 heterocycles. The summed E-state index contributed by atoms with van der Waals surface area (Å²) in [7, 11) is 1.97. The number of thiazole rings is 1. The van der Waals surface area contributed by atoms with E-state index in [0.717, 1.165) is 17.1 Å². The summed E-state index contributed by atoms with van der Waals surface area (Å²) in [5.74, 6) is 6.56. The van der Waals surface area contributed by atoms with Crippen molar-refractivity contribution in [2.45, 2.75) is 13.5 Å². The Hall–Kier alpha value is -1.73. The van der Waals surface area contributed by atoms with Crippen molar-refractivity contribution in [1.82, 2.24) is 15.0 Å². The molecule has 17 heavy (non-hydrogen) atoms. The highest BCUT2D eigenvalue weighted by atomic mass is 32.1. The smallest absolute Gasteiger partial charge is 0.239 e. The Bertz CT molecular complexity index is 484. The average Bonchev–Trinajstić information content (AvgIpc) is 2.82. The van der Waals surface area contributed by atoms with Gasteiger partial charge in [-0.1, -0.05) is 0 Å². The highest BCUT2D eigenvalue weighted by molar-refractivity contribution is 7.07. The molecule has 6 nitrogen and oxygen atoms in total. The first-order valence-electron chi connectivity index (χ1n) is 5.09. The topological polar surface area (TPSA) is 80.0 Å². The Morgan fingerprint density at radius 3 is 2.94 bits per heavy atom.